The Morgan fingerprint density at radius 1 is 1.35 bits per heavy atom. The van der Waals surface area contributed by atoms with E-state index in [9.17, 15) is 8.78 Å². The third kappa shape index (κ3) is 2.78. The highest BCUT2D eigenvalue weighted by Gasteiger charge is 2.20. The topological polar surface area (TPSA) is 38.5 Å². The molecule has 0 amide bonds. The number of nitrogen functional groups attached to an aromatic ring is 1. The first kappa shape index (κ1) is 13.5. The molecule has 96 valence electrons. The summed E-state index contributed by atoms with van der Waals surface area (Å²) in [6, 6.07) is 2.86. The molecule has 3 nitrogen and oxygen atoms in total. The van der Waals surface area contributed by atoms with Crippen molar-refractivity contribution < 1.29 is 13.5 Å². The van der Waals surface area contributed by atoms with Crippen molar-refractivity contribution >= 4 is 11.4 Å². The molecular weight excluding hydrogens is 226 g/mol. The van der Waals surface area contributed by atoms with Crippen molar-refractivity contribution in [2.75, 3.05) is 30.8 Å². The fourth-order valence-corrected chi connectivity index (χ4v) is 1.62. The molecule has 0 saturated heterocycles. The van der Waals surface area contributed by atoms with Crippen LogP contribution in [-0.2, 0) is 0 Å². The summed E-state index contributed by atoms with van der Waals surface area (Å²) in [4.78, 5) is 1.88. The lowest BCUT2D eigenvalue weighted by Crippen LogP contribution is -2.29. The van der Waals surface area contributed by atoms with Gasteiger partial charge in [0.2, 0.25) is 0 Å². The Labute approximate surface area is 100 Å². The lowest BCUT2D eigenvalue weighted by Gasteiger charge is -2.28. The summed E-state index contributed by atoms with van der Waals surface area (Å²) in [5, 5.41) is 0. The van der Waals surface area contributed by atoms with Gasteiger partial charge in [-0.15, -0.1) is 0 Å². The lowest BCUT2D eigenvalue weighted by molar-refractivity contribution is 0.152. The Bertz CT molecular complexity index is 383. The number of hydrogen-bond acceptors (Lipinski definition) is 3. The van der Waals surface area contributed by atoms with E-state index in [4.69, 9.17) is 10.5 Å². The van der Waals surface area contributed by atoms with E-state index in [1.807, 2.05) is 25.8 Å². The number of fused-ring (bicyclic) bond motifs is 1. The molecule has 0 fully saturated rings. The quantitative estimate of drug-likeness (QED) is 0.772. The zero-order valence-corrected chi connectivity index (χ0v) is 10.3. The maximum absolute atomic E-state index is 12.6. The number of benzene rings is 1. The van der Waals surface area contributed by atoms with Crippen LogP contribution >= 0.6 is 0 Å². The van der Waals surface area contributed by atoms with Crippen molar-refractivity contribution in [1.82, 2.24) is 0 Å². The molecular formula is C12H18F2N2O. The molecule has 0 spiro atoms. The number of nitrogens with two attached hydrogens (primary N) is 1. The van der Waals surface area contributed by atoms with Gasteiger partial charge in [0.15, 0.2) is 0 Å². The number of ether oxygens (including phenoxy) is 1. The van der Waals surface area contributed by atoms with Gasteiger partial charge in [-0.05, 0) is 6.07 Å². The lowest BCUT2D eigenvalue weighted by atomic mass is 10.1. The van der Waals surface area contributed by atoms with E-state index in [2.05, 4.69) is 0 Å². The molecule has 17 heavy (non-hydrogen) atoms. The van der Waals surface area contributed by atoms with Crippen LogP contribution in [0.2, 0.25) is 0 Å². The monoisotopic (exact) mass is 244 g/mol. The number of likely N-dealkylation sites (N-methyl/N-ethyl adjacent to an activating group) is 1. The predicted molar refractivity (Wildman–Crippen MR) is 65.9 cm³/mol. The molecule has 1 aromatic rings. The number of nitrogens with zero attached hydrogens (tertiary/aromatic N) is 1. The highest BCUT2D eigenvalue weighted by atomic mass is 19.3. The van der Waals surface area contributed by atoms with E-state index < -0.39 is 6.43 Å². The van der Waals surface area contributed by atoms with Crippen molar-refractivity contribution in [3.05, 3.63) is 17.7 Å². The van der Waals surface area contributed by atoms with Crippen LogP contribution in [0.15, 0.2) is 12.1 Å². The van der Waals surface area contributed by atoms with Crippen LogP contribution in [0.1, 0.15) is 25.8 Å². The van der Waals surface area contributed by atoms with Crippen molar-refractivity contribution in [2.45, 2.75) is 20.3 Å². The molecule has 1 aliphatic heterocycles. The summed E-state index contributed by atoms with van der Waals surface area (Å²) in [6.45, 7) is 5.25. The molecule has 0 bridgehead atoms. The zero-order valence-electron chi connectivity index (χ0n) is 10.3. The van der Waals surface area contributed by atoms with Gasteiger partial charge >= 0.3 is 0 Å². The second-order valence-electron chi connectivity index (χ2n) is 3.52. The van der Waals surface area contributed by atoms with Crippen LogP contribution in [0.5, 0.6) is 5.75 Å². The molecule has 1 heterocycles. The van der Waals surface area contributed by atoms with Gasteiger partial charge in [-0.25, -0.2) is 8.78 Å². The van der Waals surface area contributed by atoms with Gasteiger partial charge in [0.1, 0.15) is 12.4 Å². The van der Waals surface area contributed by atoms with Gasteiger partial charge in [0.25, 0.3) is 6.43 Å². The Morgan fingerprint density at radius 2 is 2.00 bits per heavy atom. The Kier molecular flexibility index (Phi) is 4.54. The minimum absolute atomic E-state index is 0.0825. The van der Waals surface area contributed by atoms with E-state index in [0.29, 0.717) is 24.6 Å². The van der Waals surface area contributed by atoms with E-state index in [-0.39, 0.29) is 11.3 Å². The summed E-state index contributed by atoms with van der Waals surface area (Å²) in [5.74, 6) is 0.575. The first-order chi connectivity index (χ1) is 8.09. The predicted octanol–water partition coefficient (Wildman–Crippen LogP) is 3.06. The maximum Gasteiger partial charge on any atom is 0.265 e. The fraction of sp³-hybridized carbons (Fsp3) is 0.500. The summed E-state index contributed by atoms with van der Waals surface area (Å²) in [5.41, 5.74) is 6.13. The van der Waals surface area contributed by atoms with Crippen LogP contribution < -0.4 is 15.4 Å². The summed E-state index contributed by atoms with van der Waals surface area (Å²) in [6.07, 6.45) is -2.55. The van der Waals surface area contributed by atoms with Crippen LogP contribution in [0.3, 0.4) is 0 Å². The van der Waals surface area contributed by atoms with Crippen LogP contribution in [0, 0.1) is 0 Å². The van der Waals surface area contributed by atoms with Crippen LogP contribution in [0.4, 0.5) is 20.2 Å². The van der Waals surface area contributed by atoms with Crippen molar-refractivity contribution in [1.29, 1.82) is 0 Å². The van der Waals surface area contributed by atoms with E-state index in [0.717, 1.165) is 0 Å². The van der Waals surface area contributed by atoms with Gasteiger partial charge in [-0.2, -0.15) is 0 Å². The number of hydrogen-bond donors (Lipinski definition) is 1. The standard InChI is InChI=1S/C10H12F2N2O.C2H6/c1-14-2-3-15-9-5-7(13)6(10(11)12)4-8(9)14;1-2/h4-5,10H,2-3,13H2,1H3;1-2H3. The van der Waals surface area contributed by atoms with Crippen molar-refractivity contribution in [3.63, 3.8) is 0 Å². The Morgan fingerprint density at radius 3 is 2.59 bits per heavy atom. The third-order valence-electron chi connectivity index (χ3n) is 2.50. The van der Waals surface area contributed by atoms with E-state index in [1.165, 1.54) is 12.1 Å². The van der Waals surface area contributed by atoms with Crippen LogP contribution in [0.25, 0.3) is 0 Å². The van der Waals surface area contributed by atoms with Crippen molar-refractivity contribution in [2.24, 2.45) is 0 Å². The van der Waals surface area contributed by atoms with E-state index in [1.54, 1.807) is 0 Å². The molecule has 1 aromatic carbocycles. The van der Waals surface area contributed by atoms with Crippen LogP contribution in [-0.4, -0.2) is 20.2 Å². The number of anilines is 2. The molecule has 0 aromatic heterocycles. The molecule has 2 N–H and O–H groups in total. The first-order valence-corrected chi connectivity index (χ1v) is 5.65. The average Bonchev–Trinajstić information content (AvgIpc) is 2.31. The van der Waals surface area contributed by atoms with Gasteiger partial charge in [0, 0.05) is 24.4 Å². The minimum atomic E-state index is -2.55. The summed E-state index contributed by atoms with van der Waals surface area (Å²) >= 11 is 0. The van der Waals surface area contributed by atoms with Gasteiger partial charge in [-0.1, -0.05) is 13.8 Å². The molecule has 1 aliphatic rings. The van der Waals surface area contributed by atoms with Gasteiger partial charge in [0.05, 0.1) is 12.2 Å². The zero-order chi connectivity index (χ0) is 13.0. The Hall–Kier alpha value is -1.52. The fourth-order valence-electron chi connectivity index (χ4n) is 1.62. The third-order valence-corrected chi connectivity index (χ3v) is 2.50. The molecule has 0 unspecified atom stereocenters. The molecule has 0 saturated carbocycles. The first-order valence-electron chi connectivity index (χ1n) is 5.65. The second-order valence-corrected chi connectivity index (χ2v) is 3.52. The highest BCUT2D eigenvalue weighted by molar-refractivity contribution is 5.68. The molecule has 0 aliphatic carbocycles. The van der Waals surface area contributed by atoms with Gasteiger partial charge < -0.3 is 15.4 Å². The average molecular weight is 244 g/mol. The van der Waals surface area contributed by atoms with Gasteiger partial charge in [-0.3, -0.25) is 0 Å². The smallest absolute Gasteiger partial charge is 0.265 e. The summed E-state index contributed by atoms with van der Waals surface area (Å²) < 4.78 is 30.5. The summed E-state index contributed by atoms with van der Waals surface area (Å²) in [7, 11) is 1.84. The normalized spacial score (nSPS) is 13.6. The Balaban J connectivity index is 0.000000686. The molecule has 0 atom stereocenters. The highest BCUT2D eigenvalue weighted by Crippen LogP contribution is 2.38. The minimum Gasteiger partial charge on any atom is -0.489 e. The molecule has 2 rings (SSSR count). The largest absolute Gasteiger partial charge is 0.489 e. The molecule has 0 radical (unpaired) electrons. The second kappa shape index (κ2) is 5.70. The maximum atomic E-state index is 12.6. The number of alkyl halides is 2. The van der Waals surface area contributed by atoms with E-state index >= 15 is 0 Å². The van der Waals surface area contributed by atoms with Crippen molar-refractivity contribution in [3.8, 4) is 5.75 Å². The SMILES string of the molecule is CC.CN1CCOc2cc(N)c(C(F)F)cc21. The number of halogens is 2. The molecule has 5 heteroatoms. The number of rotatable bonds is 1.